The first kappa shape index (κ1) is 11.7. The molecule has 58 valence electrons. The molecule has 0 N–H and O–H groups in total. The van der Waals surface area contributed by atoms with Crippen LogP contribution in [-0.2, 0) is 9.78 Å². The Morgan fingerprint density at radius 3 is 2.33 bits per heavy atom. The largest absolute Gasteiger partial charge is 0.240 e. The van der Waals surface area contributed by atoms with Crippen molar-refractivity contribution >= 4 is 0 Å². The monoisotopic (exact) mass is 134 g/mol. The summed E-state index contributed by atoms with van der Waals surface area (Å²) in [6.45, 7) is 2.89. The molecule has 0 saturated heterocycles. The molecule has 0 spiro atoms. The van der Waals surface area contributed by atoms with Crippen LogP contribution < -0.4 is 0 Å². The third-order valence-electron chi connectivity index (χ3n) is 0.949. The lowest BCUT2D eigenvalue weighted by Crippen LogP contribution is -1.91. The zero-order chi connectivity index (χ0) is 6.24. The van der Waals surface area contributed by atoms with E-state index in [1.165, 1.54) is 20.0 Å². The fraction of sp³-hybridized carbons (Fsp3) is 1.00. The first-order valence-electron chi connectivity index (χ1n) is 3.07. The summed E-state index contributed by atoms with van der Waals surface area (Å²) < 4.78 is 0. The van der Waals surface area contributed by atoms with Gasteiger partial charge in [-0.1, -0.05) is 27.2 Å². The van der Waals surface area contributed by atoms with Crippen molar-refractivity contribution in [1.29, 1.82) is 0 Å². The number of unbranched alkanes of at least 4 members (excludes halogenated alkanes) is 2. The first-order chi connectivity index (χ1) is 3.91. The lowest BCUT2D eigenvalue weighted by Gasteiger charge is -1.95. The predicted octanol–water partition coefficient (Wildman–Crippen LogP) is 2.39. The second-order valence-electron chi connectivity index (χ2n) is 1.70. The predicted molar refractivity (Wildman–Crippen MR) is 39.2 cm³/mol. The fourth-order valence-electron chi connectivity index (χ4n) is 0.494. The minimum atomic E-state index is 0. The van der Waals surface area contributed by atoms with Gasteiger partial charge in [0, 0.05) is 0 Å². The summed E-state index contributed by atoms with van der Waals surface area (Å²) in [6.07, 6.45) is 3.56. The van der Waals surface area contributed by atoms with Crippen LogP contribution >= 0.6 is 0 Å². The Hall–Kier alpha value is -0.0800. The number of hydrogen-bond donors (Lipinski definition) is 0. The molecule has 9 heavy (non-hydrogen) atoms. The molecule has 0 rings (SSSR count). The van der Waals surface area contributed by atoms with E-state index < -0.39 is 0 Å². The molecule has 0 amide bonds. The van der Waals surface area contributed by atoms with E-state index in [1.807, 2.05) is 0 Å². The van der Waals surface area contributed by atoms with Gasteiger partial charge in [0.1, 0.15) is 0 Å². The summed E-state index contributed by atoms with van der Waals surface area (Å²) in [6, 6.07) is 0. The van der Waals surface area contributed by atoms with Gasteiger partial charge in [0.25, 0.3) is 0 Å². The minimum Gasteiger partial charge on any atom is -0.240 e. The van der Waals surface area contributed by atoms with E-state index in [-0.39, 0.29) is 7.43 Å². The van der Waals surface area contributed by atoms with Crippen LogP contribution in [0.15, 0.2) is 0 Å². The van der Waals surface area contributed by atoms with E-state index in [1.54, 1.807) is 0 Å². The molecule has 0 heterocycles. The molecule has 0 radical (unpaired) electrons. The molecule has 0 aromatic carbocycles. The maximum Gasteiger partial charge on any atom is 0.0822 e. The van der Waals surface area contributed by atoms with Crippen molar-refractivity contribution in [2.24, 2.45) is 0 Å². The van der Waals surface area contributed by atoms with Crippen molar-refractivity contribution in [1.82, 2.24) is 0 Å². The summed E-state index contributed by atoms with van der Waals surface area (Å²) >= 11 is 0. The Labute approximate surface area is 58.1 Å². The van der Waals surface area contributed by atoms with Gasteiger partial charge in [-0.25, -0.2) is 9.78 Å². The lowest BCUT2D eigenvalue weighted by atomic mass is 10.3. The third-order valence-corrected chi connectivity index (χ3v) is 0.949. The first-order valence-corrected chi connectivity index (χ1v) is 3.07. The highest BCUT2D eigenvalue weighted by Crippen LogP contribution is 1.92. The van der Waals surface area contributed by atoms with E-state index in [0.29, 0.717) is 0 Å². The maximum atomic E-state index is 4.64. The van der Waals surface area contributed by atoms with Crippen molar-refractivity contribution in [2.75, 3.05) is 13.7 Å². The van der Waals surface area contributed by atoms with Crippen molar-refractivity contribution in [3.05, 3.63) is 0 Å². The smallest absolute Gasteiger partial charge is 0.0822 e. The highest BCUT2D eigenvalue weighted by molar-refractivity contribution is 4.32. The van der Waals surface area contributed by atoms with Gasteiger partial charge in [-0.3, -0.25) is 0 Å². The number of rotatable bonds is 5. The van der Waals surface area contributed by atoms with Crippen molar-refractivity contribution in [3.8, 4) is 0 Å². The average molecular weight is 134 g/mol. The standard InChI is InChI=1S/C6H14O2.CH4/c1-3-4-5-6-8-7-2;/h3-6H2,1-2H3;1H4. The molecular formula is C7H18O2. The van der Waals surface area contributed by atoms with Gasteiger partial charge in [-0.05, 0) is 6.42 Å². The topological polar surface area (TPSA) is 18.5 Å². The van der Waals surface area contributed by atoms with Gasteiger partial charge in [0.2, 0.25) is 0 Å². The van der Waals surface area contributed by atoms with E-state index in [0.717, 1.165) is 13.0 Å². The highest BCUT2D eigenvalue weighted by Gasteiger charge is 1.83. The minimum absolute atomic E-state index is 0. The fourth-order valence-corrected chi connectivity index (χ4v) is 0.494. The van der Waals surface area contributed by atoms with E-state index >= 15 is 0 Å². The van der Waals surface area contributed by atoms with Crippen molar-refractivity contribution in [2.45, 2.75) is 33.6 Å². The molecule has 0 bridgehead atoms. The summed E-state index contributed by atoms with van der Waals surface area (Å²) in [4.78, 5) is 9.02. The van der Waals surface area contributed by atoms with E-state index in [4.69, 9.17) is 0 Å². The molecule has 0 aromatic rings. The van der Waals surface area contributed by atoms with Gasteiger partial charge >= 0.3 is 0 Å². The summed E-state index contributed by atoms with van der Waals surface area (Å²) in [5.41, 5.74) is 0. The van der Waals surface area contributed by atoms with Gasteiger partial charge in [-0.15, -0.1) is 0 Å². The van der Waals surface area contributed by atoms with Crippen LogP contribution in [0.5, 0.6) is 0 Å². The van der Waals surface area contributed by atoms with Crippen molar-refractivity contribution in [3.63, 3.8) is 0 Å². The molecule has 0 aliphatic heterocycles. The molecule has 2 heteroatoms. The second kappa shape index (κ2) is 10.8. The molecule has 0 fully saturated rings. The van der Waals surface area contributed by atoms with Crippen LogP contribution in [0, 0.1) is 0 Å². The zero-order valence-electron chi connectivity index (χ0n) is 5.64. The van der Waals surface area contributed by atoms with Crippen LogP contribution in [-0.4, -0.2) is 13.7 Å². The van der Waals surface area contributed by atoms with Crippen LogP contribution in [0.2, 0.25) is 0 Å². The molecular weight excluding hydrogens is 116 g/mol. The van der Waals surface area contributed by atoms with Crippen LogP contribution in [0.3, 0.4) is 0 Å². The molecule has 2 nitrogen and oxygen atoms in total. The third kappa shape index (κ3) is 11.5. The van der Waals surface area contributed by atoms with Crippen LogP contribution in [0.25, 0.3) is 0 Å². The summed E-state index contributed by atoms with van der Waals surface area (Å²) in [5, 5.41) is 0. The quantitative estimate of drug-likeness (QED) is 0.326. The molecule has 0 unspecified atom stereocenters. The Morgan fingerprint density at radius 2 is 1.89 bits per heavy atom. The molecule has 0 aliphatic carbocycles. The van der Waals surface area contributed by atoms with Crippen LogP contribution in [0.1, 0.15) is 33.6 Å². The maximum absolute atomic E-state index is 4.64. The van der Waals surface area contributed by atoms with Gasteiger partial charge in [0.15, 0.2) is 0 Å². The van der Waals surface area contributed by atoms with Crippen LogP contribution in [0.4, 0.5) is 0 Å². The van der Waals surface area contributed by atoms with Gasteiger partial charge < -0.3 is 0 Å². The Balaban J connectivity index is 0. The van der Waals surface area contributed by atoms with Crippen molar-refractivity contribution < 1.29 is 9.78 Å². The van der Waals surface area contributed by atoms with Gasteiger partial charge in [0.05, 0.1) is 13.7 Å². The molecule has 0 saturated carbocycles. The SMILES string of the molecule is C.CCCCCOOC. The Bertz CT molecular complexity index is 31.9. The Morgan fingerprint density at radius 1 is 1.22 bits per heavy atom. The second-order valence-corrected chi connectivity index (χ2v) is 1.70. The highest BCUT2D eigenvalue weighted by atomic mass is 17.2. The van der Waals surface area contributed by atoms with E-state index in [9.17, 15) is 0 Å². The number of hydrogen-bond acceptors (Lipinski definition) is 2. The molecule has 0 aromatic heterocycles. The summed E-state index contributed by atoms with van der Waals surface area (Å²) in [5.74, 6) is 0. The summed E-state index contributed by atoms with van der Waals surface area (Å²) in [7, 11) is 1.53. The lowest BCUT2D eigenvalue weighted by molar-refractivity contribution is -0.272. The zero-order valence-corrected chi connectivity index (χ0v) is 5.64. The Kier molecular flexibility index (Phi) is 14.0. The molecule has 0 atom stereocenters. The van der Waals surface area contributed by atoms with Gasteiger partial charge in [-0.2, -0.15) is 0 Å². The average Bonchev–Trinajstić information content (AvgIpc) is 1.81. The molecule has 0 aliphatic rings. The normalized spacial score (nSPS) is 8.67. The van der Waals surface area contributed by atoms with E-state index in [2.05, 4.69) is 16.7 Å².